The highest BCUT2D eigenvalue weighted by molar-refractivity contribution is 6.08. The Morgan fingerprint density at radius 3 is 2.71 bits per heavy atom. The molecule has 2 aromatic rings. The first kappa shape index (κ1) is 15.9. The Morgan fingerprint density at radius 2 is 2.08 bits per heavy atom. The van der Waals surface area contributed by atoms with Gasteiger partial charge in [-0.25, -0.2) is 4.98 Å². The van der Waals surface area contributed by atoms with Gasteiger partial charge in [0.15, 0.2) is 0 Å². The summed E-state index contributed by atoms with van der Waals surface area (Å²) < 4.78 is 0. The predicted molar refractivity (Wildman–Crippen MR) is 97.5 cm³/mol. The smallest absolute Gasteiger partial charge is 0.227 e. The molecule has 1 saturated heterocycles. The molecule has 1 atom stereocenters. The lowest BCUT2D eigenvalue weighted by Crippen LogP contribution is -2.27. The van der Waals surface area contributed by atoms with Gasteiger partial charge in [0.05, 0.1) is 0 Å². The van der Waals surface area contributed by atoms with E-state index in [0.29, 0.717) is 11.5 Å². The largest absolute Gasteiger partial charge is 0.404 e. The molecule has 6 N–H and O–H groups in total. The minimum atomic E-state index is 0.191. The average molecular weight is 323 g/mol. The van der Waals surface area contributed by atoms with E-state index < -0.39 is 0 Å². The van der Waals surface area contributed by atoms with Crippen molar-refractivity contribution < 1.29 is 0 Å². The normalized spacial score (nSPS) is 17.8. The van der Waals surface area contributed by atoms with Gasteiger partial charge in [0.1, 0.15) is 5.82 Å². The Balaban J connectivity index is 1.73. The summed E-state index contributed by atoms with van der Waals surface area (Å²) in [6.45, 7) is 1.67. The molecule has 124 valence electrons. The van der Waals surface area contributed by atoms with Crippen LogP contribution in [0.1, 0.15) is 12.0 Å². The van der Waals surface area contributed by atoms with E-state index in [2.05, 4.69) is 20.2 Å². The second-order valence-electron chi connectivity index (χ2n) is 5.71. The highest BCUT2D eigenvalue weighted by Gasteiger charge is 2.21. The molecule has 0 radical (unpaired) electrons. The molecule has 3 rings (SSSR count). The Labute approximate surface area is 140 Å². The van der Waals surface area contributed by atoms with Gasteiger partial charge < -0.3 is 27.1 Å². The minimum absolute atomic E-state index is 0.191. The maximum atomic E-state index is 7.33. The highest BCUT2D eigenvalue weighted by Crippen LogP contribution is 2.21. The van der Waals surface area contributed by atoms with Crippen LogP contribution in [0.25, 0.3) is 5.57 Å². The Kier molecular flexibility index (Phi) is 4.72. The summed E-state index contributed by atoms with van der Waals surface area (Å²) in [5.41, 5.74) is 13.9. The van der Waals surface area contributed by atoms with Crippen molar-refractivity contribution in [1.82, 2.24) is 9.97 Å². The molecule has 1 fully saturated rings. The van der Waals surface area contributed by atoms with Crippen molar-refractivity contribution in [1.29, 1.82) is 5.41 Å². The average Bonchev–Trinajstić information content (AvgIpc) is 3.04. The lowest BCUT2D eigenvalue weighted by atomic mass is 10.1. The topological polar surface area (TPSA) is 117 Å². The molecule has 7 nitrogen and oxygen atoms in total. The second kappa shape index (κ2) is 7.10. The van der Waals surface area contributed by atoms with E-state index in [1.807, 2.05) is 30.3 Å². The molecular weight excluding hydrogens is 302 g/mol. The van der Waals surface area contributed by atoms with E-state index in [9.17, 15) is 0 Å². The Bertz CT molecular complexity index is 739. The van der Waals surface area contributed by atoms with Crippen molar-refractivity contribution in [2.45, 2.75) is 12.5 Å². The summed E-state index contributed by atoms with van der Waals surface area (Å²) in [5, 5.41) is 10.6. The van der Waals surface area contributed by atoms with Crippen molar-refractivity contribution in [2.24, 2.45) is 11.5 Å². The summed E-state index contributed by atoms with van der Waals surface area (Å²) in [6, 6.07) is 9.69. The molecule has 7 heteroatoms. The third-order valence-corrected chi connectivity index (χ3v) is 3.98. The zero-order valence-corrected chi connectivity index (χ0v) is 13.3. The quantitative estimate of drug-likeness (QED) is 0.622. The maximum Gasteiger partial charge on any atom is 0.227 e. The first-order valence-electron chi connectivity index (χ1n) is 7.83. The summed E-state index contributed by atoms with van der Waals surface area (Å²) in [5.74, 6) is 1.43. The fourth-order valence-corrected chi connectivity index (χ4v) is 2.66. The number of nitrogens with zero attached hydrogens (tertiary/aromatic N) is 3. The van der Waals surface area contributed by atoms with Gasteiger partial charge in [-0.3, -0.25) is 0 Å². The number of hydrogen-bond donors (Lipinski definition) is 4. The lowest BCUT2D eigenvalue weighted by Gasteiger charge is -2.16. The van der Waals surface area contributed by atoms with Crippen molar-refractivity contribution in [3.63, 3.8) is 0 Å². The molecule has 0 spiro atoms. The zero-order chi connectivity index (χ0) is 16.9. The fourth-order valence-electron chi connectivity index (χ4n) is 2.66. The number of nitrogens with two attached hydrogens (primary N) is 2. The molecule has 0 saturated carbocycles. The lowest BCUT2D eigenvalue weighted by molar-refractivity contribution is 0.750. The predicted octanol–water partition coefficient (Wildman–Crippen LogP) is 1.71. The first-order valence-corrected chi connectivity index (χ1v) is 7.83. The van der Waals surface area contributed by atoms with Crippen LogP contribution in [0.15, 0.2) is 42.7 Å². The molecule has 1 aromatic carbocycles. The third-order valence-electron chi connectivity index (χ3n) is 3.98. The molecule has 1 aliphatic rings. The third kappa shape index (κ3) is 3.52. The summed E-state index contributed by atoms with van der Waals surface area (Å²) in [6.07, 6.45) is 5.37. The van der Waals surface area contributed by atoms with E-state index in [1.54, 1.807) is 6.20 Å². The number of nitrogens with one attached hydrogen (secondary N) is 2. The summed E-state index contributed by atoms with van der Waals surface area (Å²) in [4.78, 5) is 11.0. The van der Waals surface area contributed by atoms with Crippen LogP contribution in [-0.4, -0.2) is 35.3 Å². The first-order chi connectivity index (χ1) is 11.7. The number of anilines is 3. The van der Waals surface area contributed by atoms with Gasteiger partial charge in [-0.15, -0.1) is 0 Å². The van der Waals surface area contributed by atoms with E-state index in [1.165, 1.54) is 12.4 Å². The number of allylic oxidation sites excluding steroid dienone is 1. The highest BCUT2D eigenvalue weighted by atomic mass is 15.3. The van der Waals surface area contributed by atoms with Gasteiger partial charge in [-0.2, -0.15) is 4.98 Å². The molecule has 2 heterocycles. The van der Waals surface area contributed by atoms with E-state index in [4.69, 9.17) is 16.9 Å². The summed E-state index contributed by atoms with van der Waals surface area (Å²) in [7, 11) is 0. The monoisotopic (exact) mass is 323 g/mol. The Morgan fingerprint density at radius 1 is 1.29 bits per heavy atom. The number of hydrogen-bond acceptors (Lipinski definition) is 7. The van der Waals surface area contributed by atoms with Crippen LogP contribution in [0.2, 0.25) is 0 Å². The van der Waals surface area contributed by atoms with Gasteiger partial charge in [0.2, 0.25) is 5.95 Å². The maximum absolute atomic E-state index is 7.33. The van der Waals surface area contributed by atoms with Crippen LogP contribution < -0.4 is 21.7 Å². The molecule has 24 heavy (non-hydrogen) atoms. The van der Waals surface area contributed by atoms with Crippen LogP contribution in [0.3, 0.4) is 0 Å². The van der Waals surface area contributed by atoms with Gasteiger partial charge in [-0.1, -0.05) is 12.1 Å². The SMILES string of the molecule is N=C/C(=C\N)c1ccc(Nc2ccnc(N3CC[C@H](N)C3)n2)cc1. The van der Waals surface area contributed by atoms with Gasteiger partial charge in [0, 0.05) is 49.0 Å². The minimum Gasteiger partial charge on any atom is -0.404 e. The zero-order valence-electron chi connectivity index (χ0n) is 13.3. The van der Waals surface area contributed by atoms with E-state index >= 15 is 0 Å². The fraction of sp³-hybridized carbons (Fsp3) is 0.235. The van der Waals surface area contributed by atoms with Crippen LogP contribution >= 0.6 is 0 Å². The van der Waals surface area contributed by atoms with Gasteiger partial charge in [-0.05, 0) is 30.2 Å². The van der Waals surface area contributed by atoms with Crippen LogP contribution in [0.4, 0.5) is 17.5 Å². The van der Waals surface area contributed by atoms with E-state index in [-0.39, 0.29) is 6.04 Å². The molecule has 0 bridgehead atoms. The molecule has 0 unspecified atom stereocenters. The van der Waals surface area contributed by atoms with Gasteiger partial charge in [0.25, 0.3) is 0 Å². The number of rotatable bonds is 5. The van der Waals surface area contributed by atoms with Crippen LogP contribution in [-0.2, 0) is 0 Å². The Hall–Kier alpha value is -2.93. The summed E-state index contributed by atoms with van der Waals surface area (Å²) >= 11 is 0. The molecule has 1 aromatic heterocycles. The van der Waals surface area contributed by atoms with Gasteiger partial charge >= 0.3 is 0 Å². The molecule has 0 amide bonds. The molecule has 0 aliphatic carbocycles. The number of aromatic nitrogens is 2. The van der Waals surface area contributed by atoms with Crippen molar-refractivity contribution >= 4 is 29.2 Å². The van der Waals surface area contributed by atoms with Crippen molar-refractivity contribution in [3.8, 4) is 0 Å². The van der Waals surface area contributed by atoms with Crippen LogP contribution in [0.5, 0.6) is 0 Å². The number of benzene rings is 1. The standard InChI is InChI=1S/C17H21N7/c18-9-13(10-19)12-1-3-15(4-2-12)22-16-5-7-21-17(23-16)24-8-6-14(20)11-24/h1-5,7,9-10,14,18H,6,8,11,19-20H2,(H,21,22,23)/b13-10+,18-9?/t14-/m0/s1. The van der Waals surface area contributed by atoms with Crippen molar-refractivity contribution in [3.05, 3.63) is 48.3 Å². The molecule has 1 aliphatic heterocycles. The van der Waals surface area contributed by atoms with Crippen molar-refractivity contribution in [2.75, 3.05) is 23.3 Å². The van der Waals surface area contributed by atoms with E-state index in [0.717, 1.165) is 36.6 Å². The van der Waals surface area contributed by atoms with Crippen LogP contribution in [0, 0.1) is 5.41 Å². The second-order valence-corrected chi connectivity index (χ2v) is 5.71. The molecular formula is C17H21N7.